The van der Waals surface area contributed by atoms with Crippen LogP contribution in [0.15, 0.2) is 36.7 Å². The molecule has 0 spiro atoms. The Labute approximate surface area is 117 Å². The van der Waals surface area contributed by atoms with Crippen molar-refractivity contribution in [3.8, 4) is 11.1 Å². The van der Waals surface area contributed by atoms with Gasteiger partial charge in [-0.05, 0) is 49.4 Å². The predicted octanol–water partition coefficient (Wildman–Crippen LogP) is 4.34. The van der Waals surface area contributed by atoms with Crippen molar-refractivity contribution < 1.29 is 0 Å². The summed E-state index contributed by atoms with van der Waals surface area (Å²) >= 11 is 12.0. The van der Waals surface area contributed by atoms with Crippen molar-refractivity contribution in [1.82, 2.24) is 10.3 Å². The molecule has 0 aliphatic rings. The van der Waals surface area contributed by atoms with E-state index in [0.717, 1.165) is 16.7 Å². The van der Waals surface area contributed by atoms with Crippen LogP contribution < -0.4 is 5.32 Å². The van der Waals surface area contributed by atoms with Crippen molar-refractivity contribution in [1.29, 1.82) is 0 Å². The van der Waals surface area contributed by atoms with E-state index in [1.807, 2.05) is 31.6 Å². The van der Waals surface area contributed by atoms with Crippen LogP contribution in [0, 0.1) is 0 Å². The standard InChI is InChI=1S/C14H14Cl2N2/c1-9(17-2)11-3-12(8-18-7-11)10-4-13(15)6-14(16)5-10/h3-9,17H,1-2H3. The minimum Gasteiger partial charge on any atom is -0.313 e. The van der Waals surface area contributed by atoms with Crippen LogP contribution in [0.5, 0.6) is 0 Å². The lowest BCUT2D eigenvalue weighted by molar-refractivity contribution is 0.650. The Hall–Kier alpha value is -1.09. The molecule has 0 bridgehead atoms. The summed E-state index contributed by atoms with van der Waals surface area (Å²) in [5.41, 5.74) is 3.12. The maximum Gasteiger partial charge on any atom is 0.0426 e. The fourth-order valence-electron chi connectivity index (χ4n) is 1.74. The highest BCUT2D eigenvalue weighted by atomic mass is 35.5. The highest BCUT2D eigenvalue weighted by Crippen LogP contribution is 2.28. The van der Waals surface area contributed by atoms with Crippen LogP contribution in [-0.2, 0) is 0 Å². The normalized spacial score (nSPS) is 12.4. The summed E-state index contributed by atoms with van der Waals surface area (Å²) in [5.74, 6) is 0. The van der Waals surface area contributed by atoms with Crippen molar-refractivity contribution in [2.45, 2.75) is 13.0 Å². The topological polar surface area (TPSA) is 24.9 Å². The first-order valence-corrected chi connectivity index (χ1v) is 6.44. The summed E-state index contributed by atoms with van der Waals surface area (Å²) in [6.07, 6.45) is 3.67. The molecule has 2 rings (SSSR count). The van der Waals surface area contributed by atoms with E-state index in [0.29, 0.717) is 10.0 Å². The summed E-state index contributed by atoms with van der Waals surface area (Å²) in [6, 6.07) is 7.85. The number of pyridine rings is 1. The Morgan fingerprint density at radius 3 is 2.28 bits per heavy atom. The van der Waals surface area contributed by atoms with E-state index < -0.39 is 0 Å². The zero-order valence-electron chi connectivity index (χ0n) is 10.2. The zero-order valence-corrected chi connectivity index (χ0v) is 11.8. The minimum absolute atomic E-state index is 0.257. The first kappa shape index (κ1) is 13.3. The van der Waals surface area contributed by atoms with E-state index in [1.165, 1.54) is 0 Å². The van der Waals surface area contributed by atoms with Crippen LogP contribution in [-0.4, -0.2) is 12.0 Å². The molecule has 2 nitrogen and oxygen atoms in total. The van der Waals surface area contributed by atoms with E-state index in [4.69, 9.17) is 23.2 Å². The Morgan fingerprint density at radius 1 is 1.00 bits per heavy atom. The van der Waals surface area contributed by atoms with Gasteiger partial charge in [0.1, 0.15) is 0 Å². The molecule has 0 saturated heterocycles. The Kier molecular flexibility index (Phi) is 4.23. The number of nitrogens with zero attached hydrogens (tertiary/aromatic N) is 1. The molecule has 4 heteroatoms. The summed E-state index contributed by atoms with van der Waals surface area (Å²) in [6.45, 7) is 2.09. The summed E-state index contributed by atoms with van der Waals surface area (Å²) in [4.78, 5) is 4.26. The Balaban J connectivity index is 2.44. The van der Waals surface area contributed by atoms with Gasteiger partial charge in [-0.3, -0.25) is 4.98 Å². The lowest BCUT2D eigenvalue weighted by Crippen LogP contribution is -2.12. The minimum atomic E-state index is 0.257. The maximum absolute atomic E-state index is 6.01. The molecule has 0 aliphatic heterocycles. The van der Waals surface area contributed by atoms with Crippen molar-refractivity contribution in [3.63, 3.8) is 0 Å². The second kappa shape index (κ2) is 5.70. The first-order valence-electron chi connectivity index (χ1n) is 5.69. The molecule has 1 heterocycles. The second-order valence-electron chi connectivity index (χ2n) is 4.18. The zero-order chi connectivity index (χ0) is 13.1. The molecule has 94 valence electrons. The molecule has 0 saturated carbocycles. The molecule has 0 aliphatic carbocycles. The van der Waals surface area contributed by atoms with E-state index >= 15 is 0 Å². The molecular formula is C14H14Cl2N2. The summed E-state index contributed by atoms with van der Waals surface area (Å²) in [7, 11) is 1.92. The fourth-order valence-corrected chi connectivity index (χ4v) is 2.27. The Bertz CT molecular complexity index is 535. The number of nitrogens with one attached hydrogen (secondary N) is 1. The van der Waals surface area contributed by atoms with Crippen molar-refractivity contribution in [2.75, 3.05) is 7.05 Å². The molecule has 1 unspecified atom stereocenters. The lowest BCUT2D eigenvalue weighted by atomic mass is 10.0. The van der Waals surface area contributed by atoms with Gasteiger partial charge in [0.15, 0.2) is 0 Å². The number of rotatable bonds is 3. The third kappa shape index (κ3) is 3.02. The molecule has 0 amide bonds. The van der Waals surface area contributed by atoms with E-state index in [9.17, 15) is 0 Å². The molecule has 1 aromatic carbocycles. The molecule has 0 fully saturated rings. The van der Waals surface area contributed by atoms with Gasteiger partial charge in [0.2, 0.25) is 0 Å². The van der Waals surface area contributed by atoms with E-state index in [-0.39, 0.29) is 6.04 Å². The molecule has 18 heavy (non-hydrogen) atoms. The SMILES string of the molecule is CNC(C)c1cncc(-c2cc(Cl)cc(Cl)c2)c1. The number of aromatic nitrogens is 1. The van der Waals surface area contributed by atoms with Gasteiger partial charge in [-0.1, -0.05) is 23.2 Å². The van der Waals surface area contributed by atoms with E-state index in [1.54, 1.807) is 6.07 Å². The van der Waals surface area contributed by atoms with Crippen LogP contribution in [0.1, 0.15) is 18.5 Å². The molecule has 2 aromatic rings. The molecular weight excluding hydrogens is 267 g/mol. The summed E-state index contributed by atoms with van der Waals surface area (Å²) < 4.78 is 0. The third-order valence-electron chi connectivity index (χ3n) is 2.89. The largest absolute Gasteiger partial charge is 0.313 e. The van der Waals surface area contributed by atoms with Gasteiger partial charge < -0.3 is 5.32 Å². The predicted molar refractivity (Wildman–Crippen MR) is 77.2 cm³/mol. The van der Waals surface area contributed by atoms with Gasteiger partial charge in [0.25, 0.3) is 0 Å². The highest BCUT2D eigenvalue weighted by Gasteiger charge is 2.06. The van der Waals surface area contributed by atoms with E-state index in [2.05, 4.69) is 23.3 Å². The lowest BCUT2D eigenvalue weighted by Gasteiger charge is -2.11. The number of hydrogen-bond acceptors (Lipinski definition) is 2. The van der Waals surface area contributed by atoms with Gasteiger partial charge in [0, 0.05) is 34.0 Å². The van der Waals surface area contributed by atoms with Gasteiger partial charge in [0.05, 0.1) is 0 Å². The maximum atomic E-state index is 6.01. The van der Waals surface area contributed by atoms with Gasteiger partial charge >= 0.3 is 0 Å². The molecule has 1 N–H and O–H groups in total. The van der Waals surface area contributed by atoms with Crippen LogP contribution in [0.4, 0.5) is 0 Å². The average Bonchev–Trinajstić information content (AvgIpc) is 2.37. The van der Waals surface area contributed by atoms with Gasteiger partial charge in [-0.15, -0.1) is 0 Å². The van der Waals surface area contributed by atoms with Crippen molar-refractivity contribution >= 4 is 23.2 Å². The van der Waals surface area contributed by atoms with Crippen LogP contribution in [0.25, 0.3) is 11.1 Å². The smallest absolute Gasteiger partial charge is 0.0426 e. The van der Waals surface area contributed by atoms with Gasteiger partial charge in [-0.2, -0.15) is 0 Å². The van der Waals surface area contributed by atoms with Crippen molar-refractivity contribution in [2.24, 2.45) is 0 Å². The first-order chi connectivity index (χ1) is 8.60. The van der Waals surface area contributed by atoms with Gasteiger partial charge in [-0.25, -0.2) is 0 Å². The quantitative estimate of drug-likeness (QED) is 0.905. The van der Waals surface area contributed by atoms with Crippen LogP contribution in [0.2, 0.25) is 10.0 Å². The van der Waals surface area contributed by atoms with Crippen LogP contribution >= 0.6 is 23.2 Å². The molecule has 1 aromatic heterocycles. The monoisotopic (exact) mass is 280 g/mol. The summed E-state index contributed by atoms with van der Waals surface area (Å²) in [5, 5.41) is 4.45. The van der Waals surface area contributed by atoms with Crippen LogP contribution in [0.3, 0.4) is 0 Å². The highest BCUT2D eigenvalue weighted by molar-refractivity contribution is 6.35. The average molecular weight is 281 g/mol. The number of hydrogen-bond donors (Lipinski definition) is 1. The van der Waals surface area contributed by atoms with Crippen molar-refractivity contribution in [3.05, 3.63) is 52.3 Å². The number of halogens is 2. The Morgan fingerprint density at radius 2 is 1.67 bits per heavy atom. The second-order valence-corrected chi connectivity index (χ2v) is 5.05. The third-order valence-corrected chi connectivity index (χ3v) is 3.32. The fraction of sp³-hybridized carbons (Fsp3) is 0.214. The molecule has 0 radical (unpaired) electrons. The number of benzene rings is 1. The molecule has 1 atom stereocenters.